The smallest absolute Gasteiger partial charge is 0.184 e. The molecule has 0 fully saturated rings. The lowest BCUT2D eigenvalue weighted by atomic mass is 10.4. The zero-order valence-electron chi connectivity index (χ0n) is 5.45. The first-order chi connectivity index (χ1) is 5.36. The Bertz CT molecular complexity index is 339. The first kappa shape index (κ1) is 7.28. The zero-order chi connectivity index (χ0) is 7.68. The second-order valence-electron chi connectivity index (χ2n) is 1.96. The number of hydrogen-bond acceptors (Lipinski definition) is 3. The van der Waals surface area contributed by atoms with E-state index >= 15 is 0 Å². The molecule has 0 saturated carbocycles. The third-order valence-corrected chi connectivity index (χ3v) is 3.12. The van der Waals surface area contributed by atoms with Crippen LogP contribution < -0.4 is 0 Å². The molecule has 0 aromatic carbocycles. The first-order valence-corrected chi connectivity index (χ1v) is 5.15. The third-order valence-electron chi connectivity index (χ3n) is 1.25. The first-order valence-electron chi connectivity index (χ1n) is 3.01. The second kappa shape index (κ2) is 2.93. The maximum Gasteiger partial charge on any atom is 0.184 e. The SMILES string of the molecule is Clc1nc(-c2cccs2)cs1. The van der Waals surface area contributed by atoms with Crippen LogP contribution >= 0.6 is 34.3 Å². The summed E-state index contributed by atoms with van der Waals surface area (Å²) in [4.78, 5) is 5.32. The molecule has 2 aromatic heterocycles. The quantitative estimate of drug-likeness (QED) is 0.688. The summed E-state index contributed by atoms with van der Waals surface area (Å²) in [5.41, 5.74) is 0.981. The summed E-state index contributed by atoms with van der Waals surface area (Å²) in [5, 5.41) is 4.00. The summed E-state index contributed by atoms with van der Waals surface area (Å²) in [6.45, 7) is 0. The van der Waals surface area contributed by atoms with Gasteiger partial charge in [-0.05, 0) is 11.4 Å². The summed E-state index contributed by atoms with van der Waals surface area (Å²) < 4.78 is 0.605. The van der Waals surface area contributed by atoms with Crippen molar-refractivity contribution in [2.45, 2.75) is 0 Å². The molecule has 0 aliphatic rings. The molecule has 0 saturated heterocycles. The highest BCUT2D eigenvalue weighted by molar-refractivity contribution is 7.16. The van der Waals surface area contributed by atoms with Crippen molar-refractivity contribution in [3.63, 3.8) is 0 Å². The predicted molar refractivity (Wildman–Crippen MR) is 50.4 cm³/mol. The number of nitrogens with zero attached hydrogens (tertiary/aromatic N) is 1. The number of rotatable bonds is 1. The minimum Gasteiger partial charge on any atom is -0.224 e. The third kappa shape index (κ3) is 1.45. The van der Waals surface area contributed by atoms with Crippen LogP contribution in [-0.4, -0.2) is 4.98 Å². The van der Waals surface area contributed by atoms with Gasteiger partial charge in [-0.1, -0.05) is 17.7 Å². The van der Waals surface area contributed by atoms with Gasteiger partial charge in [0.05, 0.1) is 10.6 Å². The maximum atomic E-state index is 5.69. The molecule has 11 heavy (non-hydrogen) atoms. The van der Waals surface area contributed by atoms with Gasteiger partial charge in [0.1, 0.15) is 0 Å². The number of aromatic nitrogens is 1. The van der Waals surface area contributed by atoms with Crippen LogP contribution in [-0.2, 0) is 0 Å². The van der Waals surface area contributed by atoms with Crippen LogP contribution in [0.1, 0.15) is 0 Å². The van der Waals surface area contributed by atoms with E-state index < -0.39 is 0 Å². The fourth-order valence-corrected chi connectivity index (χ4v) is 2.31. The van der Waals surface area contributed by atoms with E-state index in [0.29, 0.717) is 4.47 Å². The lowest BCUT2D eigenvalue weighted by Crippen LogP contribution is -1.67. The van der Waals surface area contributed by atoms with Gasteiger partial charge in [0.25, 0.3) is 0 Å². The summed E-state index contributed by atoms with van der Waals surface area (Å²) >= 11 is 8.83. The molecular weight excluding hydrogens is 198 g/mol. The van der Waals surface area contributed by atoms with Crippen molar-refractivity contribution in [3.8, 4) is 10.6 Å². The number of thiophene rings is 1. The van der Waals surface area contributed by atoms with Gasteiger partial charge in [0.2, 0.25) is 0 Å². The van der Waals surface area contributed by atoms with Gasteiger partial charge in [0.15, 0.2) is 4.47 Å². The van der Waals surface area contributed by atoms with Crippen molar-refractivity contribution in [2.75, 3.05) is 0 Å². The van der Waals surface area contributed by atoms with E-state index in [2.05, 4.69) is 4.98 Å². The molecule has 0 unspecified atom stereocenters. The fraction of sp³-hybridized carbons (Fsp3) is 0. The largest absolute Gasteiger partial charge is 0.224 e. The van der Waals surface area contributed by atoms with Crippen LogP contribution in [0.5, 0.6) is 0 Å². The molecule has 0 N–H and O–H groups in total. The Morgan fingerprint density at radius 1 is 1.36 bits per heavy atom. The number of thiazole rings is 1. The van der Waals surface area contributed by atoms with Gasteiger partial charge in [-0.25, -0.2) is 4.98 Å². The molecular formula is C7H4ClNS2. The van der Waals surface area contributed by atoms with E-state index in [1.807, 2.05) is 22.9 Å². The van der Waals surface area contributed by atoms with E-state index in [1.54, 1.807) is 11.3 Å². The number of halogens is 1. The summed E-state index contributed by atoms with van der Waals surface area (Å²) in [6, 6.07) is 4.04. The molecule has 0 amide bonds. The fourth-order valence-electron chi connectivity index (χ4n) is 0.789. The van der Waals surface area contributed by atoms with Crippen LogP contribution in [0.25, 0.3) is 10.6 Å². The standard InChI is InChI=1S/C7H4ClNS2/c8-7-9-5(4-11-7)6-2-1-3-10-6/h1-4H. The molecule has 2 aromatic rings. The molecule has 0 atom stereocenters. The Balaban J connectivity index is 2.45. The van der Waals surface area contributed by atoms with Crippen molar-refractivity contribution in [1.82, 2.24) is 4.98 Å². The van der Waals surface area contributed by atoms with Gasteiger partial charge < -0.3 is 0 Å². The Morgan fingerprint density at radius 2 is 2.27 bits per heavy atom. The van der Waals surface area contributed by atoms with Crippen LogP contribution in [0.3, 0.4) is 0 Å². The minimum atomic E-state index is 0.605. The van der Waals surface area contributed by atoms with Crippen molar-refractivity contribution in [3.05, 3.63) is 27.4 Å². The average Bonchev–Trinajstić information content (AvgIpc) is 2.55. The predicted octanol–water partition coefficient (Wildman–Crippen LogP) is 3.53. The molecule has 4 heteroatoms. The molecule has 2 heterocycles. The van der Waals surface area contributed by atoms with Crippen LogP contribution in [0.15, 0.2) is 22.9 Å². The van der Waals surface area contributed by atoms with E-state index in [0.717, 1.165) is 5.69 Å². The summed E-state index contributed by atoms with van der Waals surface area (Å²) in [5.74, 6) is 0. The van der Waals surface area contributed by atoms with Crippen molar-refractivity contribution in [2.24, 2.45) is 0 Å². The van der Waals surface area contributed by atoms with E-state index in [9.17, 15) is 0 Å². The van der Waals surface area contributed by atoms with Crippen molar-refractivity contribution < 1.29 is 0 Å². The van der Waals surface area contributed by atoms with Crippen LogP contribution in [0, 0.1) is 0 Å². The van der Waals surface area contributed by atoms with E-state index in [4.69, 9.17) is 11.6 Å². The monoisotopic (exact) mass is 201 g/mol. The van der Waals surface area contributed by atoms with Gasteiger partial charge in [-0.2, -0.15) is 0 Å². The van der Waals surface area contributed by atoms with Gasteiger partial charge in [-0.3, -0.25) is 0 Å². The molecule has 1 nitrogen and oxygen atoms in total. The van der Waals surface area contributed by atoms with E-state index in [-0.39, 0.29) is 0 Å². The van der Waals surface area contributed by atoms with Gasteiger partial charge in [0, 0.05) is 5.38 Å². The van der Waals surface area contributed by atoms with Crippen molar-refractivity contribution >= 4 is 34.3 Å². The van der Waals surface area contributed by atoms with Gasteiger partial charge in [-0.15, -0.1) is 22.7 Å². The molecule has 0 radical (unpaired) electrons. The normalized spacial score (nSPS) is 10.3. The molecule has 56 valence electrons. The summed E-state index contributed by atoms with van der Waals surface area (Å²) in [6.07, 6.45) is 0. The second-order valence-corrected chi connectivity index (χ2v) is 4.35. The zero-order valence-corrected chi connectivity index (χ0v) is 7.84. The lowest BCUT2D eigenvalue weighted by Gasteiger charge is -1.84. The summed E-state index contributed by atoms with van der Waals surface area (Å²) in [7, 11) is 0. The Kier molecular flexibility index (Phi) is 1.94. The molecule has 0 aliphatic heterocycles. The highest BCUT2D eigenvalue weighted by Crippen LogP contribution is 2.27. The van der Waals surface area contributed by atoms with Crippen molar-refractivity contribution in [1.29, 1.82) is 0 Å². The maximum absolute atomic E-state index is 5.69. The Hall–Kier alpha value is -0.380. The number of hydrogen-bond donors (Lipinski definition) is 0. The molecule has 2 rings (SSSR count). The molecule has 0 bridgehead atoms. The van der Waals surface area contributed by atoms with Crippen LogP contribution in [0.2, 0.25) is 4.47 Å². The Labute approximate surface area is 77.3 Å². The average molecular weight is 202 g/mol. The molecule has 0 spiro atoms. The van der Waals surface area contributed by atoms with Crippen LogP contribution in [0.4, 0.5) is 0 Å². The minimum absolute atomic E-state index is 0.605. The highest BCUT2D eigenvalue weighted by Gasteiger charge is 2.01. The molecule has 0 aliphatic carbocycles. The van der Waals surface area contributed by atoms with E-state index in [1.165, 1.54) is 16.2 Å². The van der Waals surface area contributed by atoms with Gasteiger partial charge >= 0.3 is 0 Å². The highest BCUT2D eigenvalue weighted by atomic mass is 35.5. The lowest BCUT2D eigenvalue weighted by molar-refractivity contribution is 1.43. The Morgan fingerprint density at radius 3 is 2.82 bits per heavy atom. The topological polar surface area (TPSA) is 12.9 Å².